The molecule has 168 valence electrons. The van der Waals surface area contributed by atoms with Crippen molar-refractivity contribution in [2.45, 2.75) is 28.9 Å². The minimum absolute atomic E-state index is 0.130. The van der Waals surface area contributed by atoms with E-state index in [1.807, 2.05) is 5.32 Å². The molecule has 0 bridgehead atoms. The van der Waals surface area contributed by atoms with Crippen molar-refractivity contribution in [2.24, 2.45) is 0 Å². The maximum absolute atomic E-state index is 14.4. The second-order valence-corrected chi connectivity index (χ2v) is 8.18. The molecule has 0 spiro atoms. The minimum Gasteiger partial charge on any atom is -0.394 e. The van der Waals surface area contributed by atoms with Crippen LogP contribution in [0.1, 0.15) is 11.1 Å². The molecule has 0 saturated carbocycles. The lowest BCUT2D eigenvalue weighted by atomic mass is 9.80. The SMILES string of the molecule is [C-]#[N+]c1nn2c(c1S(C)=O)NC(C(O)CO)(C(F)(F)F)c1cc(C(F)(F)F)cc(Cl)c1-2. The summed E-state index contributed by atoms with van der Waals surface area (Å²) in [7, 11) is -2.07. The quantitative estimate of drug-likeness (QED) is 0.455. The van der Waals surface area contributed by atoms with Crippen LogP contribution in [0, 0.1) is 6.57 Å². The number of nitrogens with one attached hydrogen (secondary N) is 1. The number of hydrogen-bond acceptors (Lipinski definition) is 5. The average Bonchev–Trinajstić information content (AvgIpc) is 3.02. The van der Waals surface area contributed by atoms with Crippen molar-refractivity contribution in [3.05, 3.63) is 39.7 Å². The van der Waals surface area contributed by atoms with E-state index in [0.717, 1.165) is 6.26 Å². The van der Waals surface area contributed by atoms with Gasteiger partial charge in [0.25, 0.3) is 0 Å². The Balaban J connectivity index is 2.56. The zero-order valence-corrected chi connectivity index (χ0v) is 16.7. The summed E-state index contributed by atoms with van der Waals surface area (Å²) in [5, 5.41) is 24.3. The zero-order chi connectivity index (χ0) is 23.5. The Morgan fingerprint density at radius 3 is 2.42 bits per heavy atom. The van der Waals surface area contributed by atoms with Gasteiger partial charge in [-0.15, -0.1) is 4.68 Å². The van der Waals surface area contributed by atoms with E-state index in [0.29, 0.717) is 10.7 Å². The van der Waals surface area contributed by atoms with Gasteiger partial charge in [-0.2, -0.15) is 26.3 Å². The maximum atomic E-state index is 14.4. The van der Waals surface area contributed by atoms with E-state index >= 15 is 0 Å². The number of hydrogen-bond donors (Lipinski definition) is 3. The Morgan fingerprint density at radius 2 is 1.97 bits per heavy atom. The molecule has 0 saturated heterocycles. The third kappa shape index (κ3) is 3.36. The predicted octanol–water partition coefficient (Wildman–Crippen LogP) is 3.37. The number of aliphatic hydroxyl groups excluding tert-OH is 2. The van der Waals surface area contributed by atoms with Crippen molar-refractivity contribution in [2.75, 3.05) is 18.2 Å². The molecule has 1 aromatic heterocycles. The van der Waals surface area contributed by atoms with Crippen molar-refractivity contribution in [1.82, 2.24) is 9.78 Å². The number of fused-ring (bicyclic) bond motifs is 3. The lowest BCUT2D eigenvalue weighted by Gasteiger charge is -2.44. The Kier molecular flexibility index (Phi) is 5.54. The van der Waals surface area contributed by atoms with Gasteiger partial charge in [-0.1, -0.05) is 18.2 Å². The maximum Gasteiger partial charge on any atom is 0.418 e. The normalized spacial score (nSPS) is 20.3. The van der Waals surface area contributed by atoms with Crippen LogP contribution in [0.5, 0.6) is 0 Å². The van der Waals surface area contributed by atoms with Gasteiger partial charge in [-0.25, -0.2) is 0 Å². The molecular formula is C16H11ClF6N4O3S. The number of alkyl halides is 6. The molecule has 2 aromatic rings. The second-order valence-electron chi connectivity index (χ2n) is 6.46. The van der Waals surface area contributed by atoms with E-state index in [4.69, 9.17) is 18.2 Å². The van der Waals surface area contributed by atoms with Crippen molar-refractivity contribution < 1.29 is 40.8 Å². The van der Waals surface area contributed by atoms with Crippen molar-refractivity contribution in [3.8, 4) is 5.69 Å². The van der Waals surface area contributed by atoms with Crippen LogP contribution in [0.25, 0.3) is 10.5 Å². The average molecular weight is 489 g/mol. The molecule has 0 aliphatic carbocycles. The van der Waals surface area contributed by atoms with Gasteiger partial charge in [-0.05, 0) is 17.2 Å². The Hall–Kier alpha value is -2.34. The van der Waals surface area contributed by atoms with Gasteiger partial charge in [0.15, 0.2) is 11.4 Å². The Labute approximate surface area is 177 Å². The molecule has 1 aliphatic rings. The molecule has 0 fully saturated rings. The van der Waals surface area contributed by atoms with E-state index in [1.165, 1.54) is 0 Å². The molecule has 3 rings (SSSR count). The summed E-state index contributed by atoms with van der Waals surface area (Å²) in [4.78, 5) is 2.52. The fourth-order valence-electron chi connectivity index (χ4n) is 3.35. The van der Waals surface area contributed by atoms with Crippen LogP contribution in [-0.4, -0.2) is 49.3 Å². The van der Waals surface area contributed by atoms with Gasteiger partial charge in [0.05, 0.1) is 17.2 Å². The van der Waals surface area contributed by atoms with Gasteiger partial charge < -0.3 is 20.4 Å². The van der Waals surface area contributed by atoms with Crippen molar-refractivity contribution in [3.63, 3.8) is 0 Å². The number of benzene rings is 1. The lowest BCUT2D eigenvalue weighted by molar-refractivity contribution is -0.214. The van der Waals surface area contributed by atoms with E-state index in [-0.39, 0.29) is 6.07 Å². The molecule has 15 heteroatoms. The van der Waals surface area contributed by atoms with Crippen LogP contribution < -0.4 is 5.32 Å². The number of aliphatic hydroxyl groups is 2. The molecule has 3 unspecified atom stereocenters. The third-order valence-electron chi connectivity index (χ3n) is 4.68. The first kappa shape index (κ1) is 23.3. The summed E-state index contributed by atoms with van der Waals surface area (Å²) < 4.78 is 95.8. The van der Waals surface area contributed by atoms with Gasteiger partial charge in [0.1, 0.15) is 16.7 Å². The first-order chi connectivity index (χ1) is 14.2. The molecule has 1 aromatic carbocycles. The standard InChI is InChI=1S/C16H11ClF6N4O3S/c1-24-12-11(31(2)30)13-25-14(9(29)5-28,16(21,22)23)7-3-6(15(18,19)20)4-8(17)10(7)27(13)26-12/h3-4,9,25,28-29H,5H2,2H3. The second kappa shape index (κ2) is 7.37. The molecule has 31 heavy (non-hydrogen) atoms. The number of aromatic nitrogens is 2. The summed E-state index contributed by atoms with van der Waals surface area (Å²) >= 11 is 5.94. The zero-order valence-electron chi connectivity index (χ0n) is 15.1. The fourth-order valence-corrected chi connectivity index (χ4v) is 4.40. The number of halogens is 7. The minimum atomic E-state index is -5.49. The van der Waals surface area contributed by atoms with Gasteiger partial charge >= 0.3 is 18.2 Å². The predicted molar refractivity (Wildman–Crippen MR) is 96.6 cm³/mol. The topological polar surface area (TPSA) is 91.7 Å². The van der Waals surface area contributed by atoms with Gasteiger partial charge in [0, 0.05) is 22.6 Å². The van der Waals surface area contributed by atoms with Crippen LogP contribution in [0.4, 0.5) is 38.0 Å². The van der Waals surface area contributed by atoms with E-state index < -0.39 is 79.8 Å². The number of anilines is 1. The van der Waals surface area contributed by atoms with Crippen LogP contribution in [0.2, 0.25) is 5.02 Å². The molecule has 7 nitrogen and oxygen atoms in total. The van der Waals surface area contributed by atoms with Crippen molar-refractivity contribution >= 4 is 34.0 Å². The van der Waals surface area contributed by atoms with Crippen LogP contribution in [0.15, 0.2) is 17.0 Å². The van der Waals surface area contributed by atoms with E-state index in [1.54, 1.807) is 0 Å². The Morgan fingerprint density at radius 1 is 1.35 bits per heavy atom. The van der Waals surface area contributed by atoms with Crippen molar-refractivity contribution in [1.29, 1.82) is 0 Å². The highest BCUT2D eigenvalue weighted by atomic mass is 35.5. The first-order valence-corrected chi connectivity index (χ1v) is 10.0. The van der Waals surface area contributed by atoms with Crippen LogP contribution in [0.3, 0.4) is 0 Å². The molecule has 1 aliphatic heterocycles. The lowest BCUT2D eigenvalue weighted by Crippen LogP contribution is -2.60. The third-order valence-corrected chi connectivity index (χ3v) is 5.92. The summed E-state index contributed by atoms with van der Waals surface area (Å²) in [6, 6.07) is 0.495. The van der Waals surface area contributed by atoms with E-state index in [9.17, 15) is 40.8 Å². The molecule has 0 radical (unpaired) electrons. The summed E-state index contributed by atoms with van der Waals surface area (Å²) in [6.45, 7) is 5.64. The smallest absolute Gasteiger partial charge is 0.394 e. The molecular weight excluding hydrogens is 478 g/mol. The highest BCUT2D eigenvalue weighted by molar-refractivity contribution is 7.84. The fraction of sp³-hybridized carbons (Fsp3) is 0.375. The summed E-state index contributed by atoms with van der Waals surface area (Å²) in [5.74, 6) is -1.24. The number of rotatable bonds is 3. The molecule has 0 amide bonds. The summed E-state index contributed by atoms with van der Waals surface area (Å²) in [5.41, 5.74) is -7.13. The van der Waals surface area contributed by atoms with Gasteiger partial charge in [0.2, 0.25) is 0 Å². The van der Waals surface area contributed by atoms with E-state index in [2.05, 4.69) is 9.94 Å². The largest absolute Gasteiger partial charge is 0.418 e. The van der Waals surface area contributed by atoms with Crippen LogP contribution >= 0.6 is 11.6 Å². The molecule has 3 atom stereocenters. The first-order valence-electron chi connectivity index (χ1n) is 8.10. The Bertz CT molecular complexity index is 1130. The monoisotopic (exact) mass is 488 g/mol. The summed E-state index contributed by atoms with van der Waals surface area (Å²) in [6.07, 6.45) is -12.2. The highest BCUT2D eigenvalue weighted by Gasteiger charge is 2.64. The molecule has 2 heterocycles. The highest BCUT2D eigenvalue weighted by Crippen LogP contribution is 2.53. The van der Waals surface area contributed by atoms with Crippen LogP contribution in [-0.2, 0) is 22.5 Å². The van der Waals surface area contributed by atoms with Gasteiger partial charge in [-0.3, -0.25) is 4.21 Å². The number of nitrogens with zero attached hydrogens (tertiary/aromatic N) is 3. The molecule has 3 N–H and O–H groups in total.